The largest absolute Gasteiger partial charge is 0.370 e. The number of aromatic nitrogens is 2. The Labute approximate surface area is 120 Å². The maximum atomic E-state index is 4.55. The summed E-state index contributed by atoms with van der Waals surface area (Å²) in [6, 6.07) is 12.8. The highest BCUT2D eigenvalue weighted by Gasteiger charge is 2.26. The van der Waals surface area contributed by atoms with E-state index in [9.17, 15) is 0 Å². The van der Waals surface area contributed by atoms with Crippen LogP contribution >= 0.6 is 12.4 Å². The van der Waals surface area contributed by atoms with Crippen LogP contribution in [0, 0.1) is 0 Å². The number of rotatable bonds is 5. The third-order valence-corrected chi connectivity index (χ3v) is 3.46. The number of aryl methyl sites for hydroxylation is 1. The van der Waals surface area contributed by atoms with Crippen molar-refractivity contribution in [3.63, 3.8) is 0 Å². The van der Waals surface area contributed by atoms with E-state index in [0.717, 1.165) is 24.7 Å². The Morgan fingerprint density at radius 1 is 1.26 bits per heavy atom. The number of nitrogens with one attached hydrogen (secondary N) is 1. The molecule has 0 amide bonds. The predicted molar refractivity (Wildman–Crippen MR) is 81.1 cm³/mol. The van der Waals surface area contributed by atoms with E-state index in [0.29, 0.717) is 0 Å². The predicted octanol–water partition coefficient (Wildman–Crippen LogP) is 3.37. The first-order chi connectivity index (χ1) is 8.83. The molecule has 102 valence electrons. The Kier molecular flexibility index (Phi) is 4.48. The summed E-state index contributed by atoms with van der Waals surface area (Å²) in [5.74, 6) is 1.86. The molecule has 2 aromatic rings. The first-order valence-corrected chi connectivity index (χ1v) is 6.64. The molecule has 1 aromatic heterocycles. The van der Waals surface area contributed by atoms with Crippen molar-refractivity contribution < 1.29 is 0 Å². The van der Waals surface area contributed by atoms with Gasteiger partial charge < -0.3 is 5.32 Å². The van der Waals surface area contributed by atoms with Crippen molar-refractivity contribution in [2.24, 2.45) is 7.05 Å². The van der Waals surface area contributed by atoms with Crippen LogP contribution in [0.25, 0.3) is 0 Å². The lowest BCUT2D eigenvalue weighted by Gasteiger charge is -2.05. The van der Waals surface area contributed by atoms with E-state index in [4.69, 9.17) is 0 Å². The van der Waals surface area contributed by atoms with Crippen LogP contribution in [0.2, 0.25) is 0 Å². The average molecular weight is 278 g/mol. The van der Waals surface area contributed by atoms with Crippen LogP contribution in [0.1, 0.15) is 30.0 Å². The Bertz CT molecular complexity index is 517. The molecule has 1 heterocycles. The maximum Gasteiger partial charge on any atom is 0.124 e. The Morgan fingerprint density at radius 2 is 2.00 bits per heavy atom. The van der Waals surface area contributed by atoms with Gasteiger partial charge in [0.2, 0.25) is 0 Å². The molecule has 1 aliphatic carbocycles. The van der Waals surface area contributed by atoms with Crippen molar-refractivity contribution in [2.45, 2.75) is 25.2 Å². The van der Waals surface area contributed by atoms with Crippen LogP contribution in [-0.2, 0) is 13.5 Å². The fourth-order valence-corrected chi connectivity index (χ4v) is 2.21. The van der Waals surface area contributed by atoms with E-state index in [-0.39, 0.29) is 12.4 Å². The highest BCUT2D eigenvalue weighted by atomic mass is 35.5. The minimum Gasteiger partial charge on any atom is -0.370 e. The maximum absolute atomic E-state index is 4.55. The smallest absolute Gasteiger partial charge is 0.124 e. The van der Waals surface area contributed by atoms with E-state index < -0.39 is 0 Å². The van der Waals surface area contributed by atoms with Gasteiger partial charge >= 0.3 is 0 Å². The van der Waals surface area contributed by atoms with Gasteiger partial charge in [-0.15, -0.1) is 12.4 Å². The molecule has 1 N–H and O–H groups in total. The van der Waals surface area contributed by atoms with Crippen molar-refractivity contribution in [1.29, 1.82) is 0 Å². The third-order valence-electron chi connectivity index (χ3n) is 3.46. The normalized spacial score (nSPS) is 13.9. The van der Waals surface area contributed by atoms with Crippen molar-refractivity contribution >= 4 is 18.2 Å². The lowest BCUT2D eigenvalue weighted by molar-refractivity contribution is 0.745. The number of nitrogens with zero attached hydrogens (tertiary/aromatic N) is 2. The van der Waals surface area contributed by atoms with Gasteiger partial charge in [0.15, 0.2) is 0 Å². The van der Waals surface area contributed by atoms with Gasteiger partial charge in [0, 0.05) is 25.6 Å². The molecular formula is C15H20ClN3. The number of hydrogen-bond acceptors (Lipinski definition) is 2. The van der Waals surface area contributed by atoms with Gasteiger partial charge in [-0.1, -0.05) is 30.3 Å². The molecule has 1 saturated carbocycles. The highest BCUT2D eigenvalue weighted by molar-refractivity contribution is 5.85. The summed E-state index contributed by atoms with van der Waals surface area (Å²) in [6.07, 6.45) is 3.66. The number of benzene rings is 1. The van der Waals surface area contributed by atoms with Crippen molar-refractivity contribution in [3.05, 3.63) is 47.7 Å². The molecular weight excluding hydrogens is 258 g/mol. The Balaban J connectivity index is 0.00000133. The fourth-order valence-electron chi connectivity index (χ4n) is 2.21. The summed E-state index contributed by atoms with van der Waals surface area (Å²) in [4.78, 5) is 0. The van der Waals surface area contributed by atoms with Crippen LogP contribution < -0.4 is 5.32 Å². The van der Waals surface area contributed by atoms with Crippen molar-refractivity contribution in [1.82, 2.24) is 9.78 Å². The lowest BCUT2D eigenvalue weighted by atomic mass is 10.1. The molecule has 0 radical (unpaired) electrons. The lowest BCUT2D eigenvalue weighted by Crippen LogP contribution is -2.08. The SMILES string of the molecule is Cl.Cn1nc(C2CC2)cc1NCCc1ccccc1. The first-order valence-electron chi connectivity index (χ1n) is 6.64. The summed E-state index contributed by atoms with van der Waals surface area (Å²) in [7, 11) is 2.01. The van der Waals surface area contributed by atoms with Crippen LogP contribution in [0.15, 0.2) is 36.4 Å². The molecule has 0 spiro atoms. The topological polar surface area (TPSA) is 29.9 Å². The molecule has 0 unspecified atom stereocenters. The fraction of sp³-hybridized carbons (Fsp3) is 0.400. The van der Waals surface area contributed by atoms with Gasteiger partial charge in [0.25, 0.3) is 0 Å². The van der Waals surface area contributed by atoms with Crippen LogP contribution in [0.5, 0.6) is 0 Å². The average Bonchev–Trinajstić information content (AvgIpc) is 3.17. The van der Waals surface area contributed by atoms with Crippen LogP contribution in [-0.4, -0.2) is 16.3 Å². The Hall–Kier alpha value is -1.48. The summed E-state index contributed by atoms with van der Waals surface area (Å²) < 4.78 is 1.96. The molecule has 4 heteroatoms. The van der Waals surface area contributed by atoms with E-state index >= 15 is 0 Å². The standard InChI is InChI=1S/C15H19N3.ClH/c1-18-15(11-14(17-18)13-7-8-13)16-10-9-12-5-3-2-4-6-12;/h2-6,11,13,16H,7-10H2,1H3;1H. The molecule has 3 rings (SSSR count). The molecule has 1 aromatic carbocycles. The summed E-state index contributed by atoms with van der Waals surface area (Å²) in [5.41, 5.74) is 2.62. The molecule has 0 bridgehead atoms. The minimum atomic E-state index is 0. The molecule has 0 saturated heterocycles. The van der Waals surface area contributed by atoms with Gasteiger partial charge in [-0.2, -0.15) is 5.10 Å². The second kappa shape index (κ2) is 6.11. The van der Waals surface area contributed by atoms with E-state index in [1.165, 1.54) is 24.1 Å². The van der Waals surface area contributed by atoms with Gasteiger partial charge in [-0.3, -0.25) is 4.68 Å². The minimum absolute atomic E-state index is 0. The molecule has 0 aliphatic heterocycles. The number of anilines is 1. The van der Waals surface area contributed by atoms with Crippen molar-refractivity contribution in [2.75, 3.05) is 11.9 Å². The van der Waals surface area contributed by atoms with E-state index in [1.807, 2.05) is 11.7 Å². The molecule has 0 atom stereocenters. The quantitative estimate of drug-likeness (QED) is 0.908. The Morgan fingerprint density at radius 3 is 2.68 bits per heavy atom. The number of halogens is 1. The van der Waals surface area contributed by atoms with Gasteiger partial charge in [-0.25, -0.2) is 0 Å². The number of hydrogen-bond donors (Lipinski definition) is 1. The summed E-state index contributed by atoms with van der Waals surface area (Å²) >= 11 is 0. The molecule has 1 fully saturated rings. The van der Waals surface area contributed by atoms with E-state index in [2.05, 4.69) is 46.8 Å². The van der Waals surface area contributed by atoms with Crippen LogP contribution in [0.4, 0.5) is 5.82 Å². The highest BCUT2D eigenvalue weighted by Crippen LogP contribution is 2.39. The van der Waals surface area contributed by atoms with Gasteiger partial charge in [-0.05, 0) is 24.8 Å². The second-order valence-corrected chi connectivity index (χ2v) is 5.01. The van der Waals surface area contributed by atoms with Crippen LogP contribution in [0.3, 0.4) is 0 Å². The van der Waals surface area contributed by atoms with E-state index in [1.54, 1.807) is 0 Å². The van der Waals surface area contributed by atoms with Gasteiger partial charge in [0.05, 0.1) is 5.69 Å². The monoisotopic (exact) mass is 277 g/mol. The zero-order chi connectivity index (χ0) is 12.4. The van der Waals surface area contributed by atoms with Crippen molar-refractivity contribution in [3.8, 4) is 0 Å². The molecule has 1 aliphatic rings. The molecule has 19 heavy (non-hydrogen) atoms. The second-order valence-electron chi connectivity index (χ2n) is 5.01. The summed E-state index contributed by atoms with van der Waals surface area (Å²) in [6.45, 7) is 0.952. The summed E-state index contributed by atoms with van der Waals surface area (Å²) in [5, 5.41) is 8.02. The molecule has 3 nitrogen and oxygen atoms in total. The van der Waals surface area contributed by atoms with Gasteiger partial charge in [0.1, 0.15) is 5.82 Å². The zero-order valence-corrected chi connectivity index (χ0v) is 12.0. The first kappa shape index (κ1) is 13.9. The third kappa shape index (κ3) is 3.51. The zero-order valence-electron chi connectivity index (χ0n) is 11.2.